The first-order valence-electron chi connectivity index (χ1n) is 8.81. The number of piperidine rings is 1. The summed E-state index contributed by atoms with van der Waals surface area (Å²) in [6.07, 6.45) is 3.65. The average molecular weight is 310 g/mol. The van der Waals surface area contributed by atoms with Crippen LogP contribution in [0.2, 0.25) is 0 Å². The summed E-state index contributed by atoms with van der Waals surface area (Å²) < 4.78 is 5.81. The van der Waals surface area contributed by atoms with Crippen LogP contribution in [0.15, 0.2) is 4.99 Å². The highest BCUT2D eigenvalue weighted by molar-refractivity contribution is 5.79. The molecule has 0 aromatic rings. The molecule has 2 saturated heterocycles. The van der Waals surface area contributed by atoms with Crippen LogP contribution in [-0.4, -0.2) is 62.8 Å². The van der Waals surface area contributed by atoms with E-state index in [2.05, 4.69) is 41.3 Å². The van der Waals surface area contributed by atoms with Gasteiger partial charge >= 0.3 is 0 Å². The molecule has 128 valence electrons. The number of aliphatic imine (C=N–C) groups is 1. The Kier molecular flexibility index (Phi) is 6.50. The second-order valence-corrected chi connectivity index (χ2v) is 7.46. The number of hydrogen-bond donors (Lipinski definition) is 2. The lowest BCUT2D eigenvalue weighted by atomic mass is 9.92. The van der Waals surface area contributed by atoms with E-state index in [1.165, 1.54) is 19.5 Å². The van der Waals surface area contributed by atoms with Crippen LogP contribution in [0.5, 0.6) is 0 Å². The molecule has 5 heteroatoms. The smallest absolute Gasteiger partial charge is 0.191 e. The number of nitrogens with one attached hydrogen (secondary N) is 2. The fraction of sp³-hybridized carbons (Fsp3) is 0.941. The summed E-state index contributed by atoms with van der Waals surface area (Å²) in [7, 11) is 1.83. The van der Waals surface area contributed by atoms with E-state index in [1.54, 1.807) is 0 Å². The van der Waals surface area contributed by atoms with Crippen LogP contribution in [0.25, 0.3) is 0 Å². The van der Waals surface area contributed by atoms with Gasteiger partial charge in [0.05, 0.1) is 5.60 Å². The molecule has 0 spiro atoms. The maximum atomic E-state index is 5.81. The third-order valence-electron chi connectivity index (χ3n) is 4.82. The Labute approximate surface area is 135 Å². The van der Waals surface area contributed by atoms with Crippen LogP contribution in [-0.2, 0) is 4.74 Å². The highest BCUT2D eigenvalue weighted by Crippen LogP contribution is 2.23. The standard InChI is InChI=1S/C17H34N4O/c1-14-10-15(2)12-21(11-14)8-7-19-16(18-4)20-13-17(3)6-5-9-22-17/h14-15H,5-13H2,1-4H3,(H2,18,19,20). The molecule has 0 aromatic heterocycles. The number of likely N-dealkylation sites (tertiary alicyclic amines) is 1. The van der Waals surface area contributed by atoms with Gasteiger partial charge in [0.1, 0.15) is 0 Å². The first-order chi connectivity index (χ1) is 10.5. The van der Waals surface area contributed by atoms with Crippen molar-refractivity contribution in [2.75, 3.05) is 46.4 Å². The molecule has 0 amide bonds. The molecule has 0 bridgehead atoms. The van der Waals surface area contributed by atoms with Gasteiger partial charge in [0, 0.05) is 46.4 Å². The van der Waals surface area contributed by atoms with E-state index in [-0.39, 0.29) is 5.60 Å². The molecule has 0 saturated carbocycles. The maximum absolute atomic E-state index is 5.81. The molecule has 3 atom stereocenters. The first-order valence-corrected chi connectivity index (χ1v) is 8.81. The van der Waals surface area contributed by atoms with Crippen LogP contribution in [0.4, 0.5) is 0 Å². The fourth-order valence-electron chi connectivity index (χ4n) is 3.77. The highest BCUT2D eigenvalue weighted by Gasteiger charge is 2.29. The zero-order chi connectivity index (χ0) is 16.0. The summed E-state index contributed by atoms with van der Waals surface area (Å²) >= 11 is 0. The Morgan fingerprint density at radius 1 is 1.27 bits per heavy atom. The summed E-state index contributed by atoms with van der Waals surface area (Å²) in [5.74, 6) is 2.52. The lowest BCUT2D eigenvalue weighted by Gasteiger charge is -2.35. The number of nitrogens with zero attached hydrogens (tertiary/aromatic N) is 2. The Morgan fingerprint density at radius 2 is 2.00 bits per heavy atom. The summed E-state index contributed by atoms with van der Waals surface area (Å²) in [6.45, 7) is 13.1. The second-order valence-electron chi connectivity index (χ2n) is 7.46. The topological polar surface area (TPSA) is 48.9 Å². The largest absolute Gasteiger partial charge is 0.373 e. The van der Waals surface area contributed by atoms with E-state index in [9.17, 15) is 0 Å². The molecule has 2 rings (SSSR count). The van der Waals surface area contributed by atoms with Gasteiger partial charge in [0.2, 0.25) is 0 Å². The van der Waals surface area contributed by atoms with Crippen molar-refractivity contribution in [2.24, 2.45) is 16.8 Å². The van der Waals surface area contributed by atoms with Gasteiger partial charge in [-0.15, -0.1) is 0 Å². The molecule has 0 radical (unpaired) electrons. The zero-order valence-corrected chi connectivity index (χ0v) is 14.8. The van der Waals surface area contributed by atoms with Crippen molar-refractivity contribution in [1.29, 1.82) is 0 Å². The predicted octanol–water partition coefficient (Wildman–Crippen LogP) is 1.70. The maximum Gasteiger partial charge on any atom is 0.191 e. The van der Waals surface area contributed by atoms with Crippen molar-refractivity contribution in [3.63, 3.8) is 0 Å². The van der Waals surface area contributed by atoms with E-state index in [0.29, 0.717) is 0 Å². The van der Waals surface area contributed by atoms with Crippen molar-refractivity contribution in [3.05, 3.63) is 0 Å². The van der Waals surface area contributed by atoms with Crippen molar-refractivity contribution < 1.29 is 4.74 Å². The van der Waals surface area contributed by atoms with Crippen LogP contribution in [0.1, 0.15) is 40.0 Å². The first kappa shape index (κ1) is 17.5. The van der Waals surface area contributed by atoms with Gasteiger partial charge in [-0.25, -0.2) is 0 Å². The Morgan fingerprint density at radius 3 is 2.59 bits per heavy atom. The predicted molar refractivity (Wildman–Crippen MR) is 92.3 cm³/mol. The van der Waals surface area contributed by atoms with Crippen molar-refractivity contribution >= 4 is 5.96 Å². The minimum Gasteiger partial charge on any atom is -0.373 e. The van der Waals surface area contributed by atoms with Gasteiger partial charge < -0.3 is 20.3 Å². The number of guanidine groups is 1. The van der Waals surface area contributed by atoms with Crippen molar-refractivity contribution in [3.8, 4) is 0 Å². The normalized spacial score (nSPS) is 33.9. The summed E-state index contributed by atoms with van der Waals surface area (Å²) in [5, 5.41) is 6.83. The molecule has 3 unspecified atom stereocenters. The fourth-order valence-corrected chi connectivity index (χ4v) is 3.77. The number of ether oxygens (including phenoxy) is 1. The summed E-state index contributed by atoms with van der Waals surface area (Å²) in [4.78, 5) is 6.88. The quantitative estimate of drug-likeness (QED) is 0.599. The lowest BCUT2D eigenvalue weighted by Crippen LogP contribution is -2.48. The molecule has 2 heterocycles. The second kappa shape index (κ2) is 8.16. The lowest BCUT2D eigenvalue weighted by molar-refractivity contribution is 0.0242. The monoisotopic (exact) mass is 310 g/mol. The van der Waals surface area contributed by atoms with Crippen LogP contribution in [0, 0.1) is 11.8 Å². The molecular formula is C17H34N4O. The molecular weight excluding hydrogens is 276 g/mol. The minimum absolute atomic E-state index is 0.0324. The summed E-state index contributed by atoms with van der Waals surface area (Å²) in [5.41, 5.74) is -0.0324. The Balaban J connectivity index is 1.66. The van der Waals surface area contributed by atoms with Gasteiger partial charge in [0.15, 0.2) is 5.96 Å². The molecule has 2 N–H and O–H groups in total. The molecule has 0 aliphatic carbocycles. The van der Waals surface area contributed by atoms with Gasteiger partial charge in [-0.3, -0.25) is 4.99 Å². The molecule has 2 fully saturated rings. The van der Waals surface area contributed by atoms with E-state index in [1.807, 2.05) is 7.05 Å². The van der Waals surface area contributed by atoms with Gasteiger partial charge in [-0.1, -0.05) is 13.8 Å². The number of hydrogen-bond acceptors (Lipinski definition) is 3. The Bertz CT molecular complexity index is 356. The van der Waals surface area contributed by atoms with Crippen LogP contribution in [0.3, 0.4) is 0 Å². The highest BCUT2D eigenvalue weighted by atomic mass is 16.5. The van der Waals surface area contributed by atoms with Gasteiger partial charge in [0.25, 0.3) is 0 Å². The number of rotatable bonds is 5. The van der Waals surface area contributed by atoms with E-state index >= 15 is 0 Å². The summed E-state index contributed by atoms with van der Waals surface area (Å²) in [6, 6.07) is 0. The van der Waals surface area contributed by atoms with Gasteiger partial charge in [-0.2, -0.15) is 0 Å². The van der Waals surface area contributed by atoms with E-state index in [0.717, 1.165) is 56.9 Å². The van der Waals surface area contributed by atoms with Crippen molar-refractivity contribution in [1.82, 2.24) is 15.5 Å². The Hall–Kier alpha value is -0.810. The molecule has 2 aliphatic rings. The van der Waals surface area contributed by atoms with Crippen LogP contribution >= 0.6 is 0 Å². The van der Waals surface area contributed by atoms with Gasteiger partial charge in [-0.05, 0) is 38.0 Å². The van der Waals surface area contributed by atoms with E-state index in [4.69, 9.17) is 4.74 Å². The van der Waals surface area contributed by atoms with E-state index < -0.39 is 0 Å². The third-order valence-corrected chi connectivity index (χ3v) is 4.82. The molecule has 5 nitrogen and oxygen atoms in total. The molecule has 22 heavy (non-hydrogen) atoms. The zero-order valence-electron chi connectivity index (χ0n) is 14.8. The molecule has 2 aliphatic heterocycles. The average Bonchev–Trinajstić information content (AvgIpc) is 2.89. The van der Waals surface area contributed by atoms with Crippen LogP contribution < -0.4 is 10.6 Å². The third kappa shape index (κ3) is 5.43. The minimum atomic E-state index is -0.0324. The molecule has 0 aromatic carbocycles. The van der Waals surface area contributed by atoms with Crippen molar-refractivity contribution in [2.45, 2.75) is 45.6 Å². The SMILES string of the molecule is CN=C(NCCN1CC(C)CC(C)C1)NCC1(C)CCCO1.